The van der Waals surface area contributed by atoms with Crippen molar-refractivity contribution in [3.63, 3.8) is 0 Å². The number of hydrogen-bond donors (Lipinski definition) is 0. The van der Waals surface area contributed by atoms with Crippen molar-refractivity contribution >= 4 is 31.1 Å². The van der Waals surface area contributed by atoms with Crippen LogP contribution in [0.2, 0.25) is 13.1 Å². The van der Waals surface area contributed by atoms with Gasteiger partial charge in [0.1, 0.15) is 0 Å². The topological polar surface area (TPSA) is 0 Å². The first-order valence-electron chi connectivity index (χ1n) is 7.30. The van der Waals surface area contributed by atoms with Crippen LogP contribution in [-0.2, 0) is 26.2 Å². The van der Waals surface area contributed by atoms with Gasteiger partial charge < -0.3 is 9.41 Å². The first-order valence-corrected chi connectivity index (χ1v) is 9.61. The van der Waals surface area contributed by atoms with E-state index < -0.39 is 0 Å². The molecule has 0 saturated heterocycles. The van der Waals surface area contributed by atoms with E-state index in [1.807, 2.05) is 0 Å². The molecule has 0 unspecified atom stereocenters. The smallest absolute Gasteiger partial charge is 1.00 e. The second-order valence-corrected chi connectivity index (χ2v) is 6.04. The van der Waals surface area contributed by atoms with Gasteiger partial charge in [-0.3, -0.25) is 0 Å². The second kappa shape index (κ2) is 14.0. The second-order valence-electron chi connectivity index (χ2n) is 4.89. The van der Waals surface area contributed by atoms with Gasteiger partial charge in [-0.25, -0.2) is 0 Å². The maximum atomic E-state index is 2.21. The van der Waals surface area contributed by atoms with E-state index in [0.717, 1.165) is 9.52 Å². The molecule has 0 spiro atoms. The average molecular weight is 419 g/mol. The van der Waals surface area contributed by atoms with Gasteiger partial charge in [0, 0.05) is 9.52 Å². The molecule has 0 aliphatic rings. The molecule has 4 heteroatoms. The Kier molecular flexibility index (Phi) is 14.5. The van der Waals surface area contributed by atoms with E-state index in [-0.39, 0.29) is 35.6 Å². The molecule has 1 radical (unpaired) electrons. The van der Waals surface area contributed by atoms with Crippen LogP contribution < -0.4 is 9.41 Å². The molecule has 0 heterocycles. The zero-order valence-corrected chi connectivity index (χ0v) is 17.5. The van der Waals surface area contributed by atoms with E-state index in [4.69, 9.17) is 0 Å². The van der Waals surface area contributed by atoms with Crippen LogP contribution in [0, 0.1) is 0 Å². The summed E-state index contributed by atoms with van der Waals surface area (Å²) in [5, 5.41) is 5.32. The molecule has 4 aromatic rings. The Morgan fingerprint density at radius 1 is 0.625 bits per heavy atom. The number of benzene rings is 2. The summed E-state index contributed by atoms with van der Waals surface area (Å²) in [5.74, 6) is 0. The van der Waals surface area contributed by atoms with Gasteiger partial charge in [-0.1, -0.05) is 25.2 Å². The number of hydrogen-bond acceptors (Lipinski definition) is 0. The average Bonchev–Trinajstić information content (AvgIpc) is 3.17. The summed E-state index contributed by atoms with van der Waals surface area (Å²) in [7, 11) is 0.750. The predicted molar refractivity (Wildman–Crippen MR) is 98.0 cm³/mol. The minimum absolute atomic E-state index is 0. The predicted octanol–water partition coefficient (Wildman–Crippen LogP) is -0.358. The number of rotatable bonds is 0. The molecular formula is C20H21F2SiZr. The van der Waals surface area contributed by atoms with Crippen molar-refractivity contribution in [2.45, 2.75) is 13.1 Å². The molecule has 4 rings (SSSR count). The number of fused-ring (bicyclic) bond motifs is 2. The van der Waals surface area contributed by atoms with Crippen LogP contribution in [0.15, 0.2) is 84.9 Å². The fourth-order valence-electron chi connectivity index (χ4n) is 2.14. The first kappa shape index (κ1) is 24.9. The van der Waals surface area contributed by atoms with Crippen molar-refractivity contribution in [1.29, 1.82) is 0 Å². The van der Waals surface area contributed by atoms with Crippen LogP contribution in [0.4, 0.5) is 0 Å². The van der Waals surface area contributed by atoms with E-state index in [1.165, 1.54) is 21.5 Å². The van der Waals surface area contributed by atoms with Gasteiger partial charge in [0.15, 0.2) is 0 Å². The molecule has 0 bridgehead atoms. The molecule has 123 valence electrons. The third-order valence-corrected chi connectivity index (χ3v) is 3.10. The Balaban J connectivity index is 0. The molecule has 0 saturated carbocycles. The van der Waals surface area contributed by atoms with Gasteiger partial charge in [-0.2, -0.15) is 35.0 Å². The molecule has 0 atom stereocenters. The Morgan fingerprint density at radius 2 is 0.958 bits per heavy atom. The quantitative estimate of drug-likeness (QED) is 0.270. The van der Waals surface area contributed by atoms with Crippen LogP contribution in [0.5, 0.6) is 0 Å². The van der Waals surface area contributed by atoms with E-state index in [0.29, 0.717) is 0 Å². The van der Waals surface area contributed by atoms with E-state index >= 15 is 0 Å². The molecular weight excluding hydrogens is 398 g/mol. The van der Waals surface area contributed by atoms with Crippen molar-refractivity contribution in [2.24, 2.45) is 0 Å². The Labute approximate surface area is 164 Å². The largest absolute Gasteiger partial charge is 4.00 e. The standard InChI is InChI=1S/2C9H7.C2H7Si.2FH.Zr/c2*1-2-5-9-7-3-6-8(9)4-1;1-3-2;;;/h2*1-7H;3H,1-2H3;2*1H;/q2*-1;;;;+4/p-2. The summed E-state index contributed by atoms with van der Waals surface area (Å²) in [4.78, 5) is 0. The van der Waals surface area contributed by atoms with Crippen molar-refractivity contribution < 1.29 is 35.6 Å². The fraction of sp³-hybridized carbons (Fsp3) is 0.100. The Morgan fingerprint density at radius 3 is 1.29 bits per heavy atom. The molecule has 0 nitrogen and oxygen atoms in total. The van der Waals surface area contributed by atoms with Crippen LogP contribution in [0.1, 0.15) is 0 Å². The van der Waals surface area contributed by atoms with Crippen LogP contribution in [0.25, 0.3) is 21.5 Å². The van der Waals surface area contributed by atoms with Gasteiger partial charge in [0.25, 0.3) is 0 Å². The van der Waals surface area contributed by atoms with Crippen LogP contribution in [-0.4, -0.2) is 9.52 Å². The third-order valence-electron chi connectivity index (χ3n) is 3.10. The maximum absolute atomic E-state index is 2.21. The number of halogens is 2. The van der Waals surface area contributed by atoms with Crippen molar-refractivity contribution in [3.05, 3.63) is 84.9 Å². The molecule has 0 amide bonds. The fourth-order valence-corrected chi connectivity index (χ4v) is 2.14. The summed E-state index contributed by atoms with van der Waals surface area (Å²) in [6.45, 7) is 4.42. The van der Waals surface area contributed by atoms with Gasteiger partial charge in [0.05, 0.1) is 0 Å². The van der Waals surface area contributed by atoms with E-state index in [1.54, 1.807) is 0 Å². The Bertz CT molecular complexity index is 651. The van der Waals surface area contributed by atoms with E-state index in [2.05, 4.69) is 98.0 Å². The minimum Gasteiger partial charge on any atom is -1.00 e. The summed E-state index contributed by atoms with van der Waals surface area (Å²) in [6, 6.07) is 29.3. The Hall–Kier alpha value is -1.38. The van der Waals surface area contributed by atoms with Gasteiger partial charge >= 0.3 is 26.2 Å². The van der Waals surface area contributed by atoms with E-state index in [9.17, 15) is 0 Å². The summed E-state index contributed by atoms with van der Waals surface area (Å²) in [6.07, 6.45) is 0. The molecule has 4 aromatic carbocycles. The van der Waals surface area contributed by atoms with Crippen molar-refractivity contribution in [3.8, 4) is 0 Å². The molecule has 0 aromatic heterocycles. The SMILES string of the molecule is C[SiH]C.[F-].[F-].[Zr+4].c1ccc2[cH-]ccc2c1.c1ccc2[cH-]ccc2c1. The van der Waals surface area contributed by atoms with Crippen molar-refractivity contribution in [2.75, 3.05) is 0 Å². The zero-order chi connectivity index (χ0) is 14.9. The van der Waals surface area contributed by atoms with Gasteiger partial charge in [0.2, 0.25) is 0 Å². The molecule has 24 heavy (non-hydrogen) atoms. The van der Waals surface area contributed by atoms with Gasteiger partial charge in [-0.15, -0.1) is 59.3 Å². The van der Waals surface area contributed by atoms with Gasteiger partial charge in [-0.05, 0) is 0 Å². The molecule has 0 aliphatic carbocycles. The van der Waals surface area contributed by atoms with Crippen molar-refractivity contribution in [1.82, 2.24) is 0 Å². The third kappa shape index (κ3) is 7.46. The normalized spacial score (nSPS) is 8.42. The van der Waals surface area contributed by atoms with Crippen LogP contribution >= 0.6 is 0 Å². The molecule has 0 aliphatic heterocycles. The maximum Gasteiger partial charge on any atom is 4.00 e. The summed E-state index contributed by atoms with van der Waals surface area (Å²) in [5.41, 5.74) is 0. The first-order chi connectivity index (χ1) is 10.3. The monoisotopic (exact) mass is 417 g/mol. The molecule has 0 N–H and O–H groups in total. The van der Waals surface area contributed by atoms with Crippen LogP contribution in [0.3, 0.4) is 0 Å². The molecule has 0 fully saturated rings. The summed E-state index contributed by atoms with van der Waals surface area (Å²) >= 11 is 0. The minimum atomic E-state index is 0. The summed E-state index contributed by atoms with van der Waals surface area (Å²) < 4.78 is 0. The zero-order valence-electron chi connectivity index (χ0n) is 13.9.